The Morgan fingerprint density at radius 3 is 2.35 bits per heavy atom. The lowest BCUT2D eigenvalue weighted by atomic mass is 10.3. The van der Waals surface area contributed by atoms with Gasteiger partial charge in [-0.1, -0.05) is 11.6 Å². The third-order valence-corrected chi connectivity index (χ3v) is 3.50. The van der Waals surface area contributed by atoms with Crippen LogP contribution in [0.25, 0.3) is 0 Å². The lowest BCUT2D eigenvalue weighted by Gasteiger charge is -2.12. The number of aryl methyl sites for hydroxylation is 1. The molecule has 1 rings (SSSR count). The van der Waals surface area contributed by atoms with Gasteiger partial charge in [-0.15, -0.1) is 13.2 Å². The van der Waals surface area contributed by atoms with Crippen molar-refractivity contribution < 1.29 is 26.3 Å². The summed E-state index contributed by atoms with van der Waals surface area (Å²) in [5.41, 5.74) is 0.153. The van der Waals surface area contributed by atoms with E-state index in [1.54, 1.807) is 0 Å². The standard InChI is InChI=1S/C7H4Cl2F3NO3S/c1-3-2-13-6(16-7(10,11)12)5(4(3)8)17(9,14)15/h2H,1H3. The summed E-state index contributed by atoms with van der Waals surface area (Å²) < 4.78 is 61.6. The molecular weight excluding hydrogens is 306 g/mol. The maximum Gasteiger partial charge on any atom is 0.574 e. The Morgan fingerprint density at radius 1 is 1.41 bits per heavy atom. The zero-order valence-electron chi connectivity index (χ0n) is 8.05. The van der Waals surface area contributed by atoms with E-state index in [4.69, 9.17) is 22.3 Å². The molecule has 0 fully saturated rings. The minimum atomic E-state index is -5.10. The molecule has 0 aliphatic rings. The van der Waals surface area contributed by atoms with Crippen LogP contribution in [0.5, 0.6) is 5.88 Å². The zero-order valence-corrected chi connectivity index (χ0v) is 10.4. The lowest BCUT2D eigenvalue weighted by molar-refractivity contribution is -0.277. The number of hydrogen-bond acceptors (Lipinski definition) is 4. The Balaban J connectivity index is 3.47. The van der Waals surface area contributed by atoms with E-state index in [-0.39, 0.29) is 5.56 Å². The lowest BCUT2D eigenvalue weighted by Crippen LogP contribution is -2.19. The summed E-state index contributed by atoms with van der Waals surface area (Å²) in [7, 11) is 0.464. The maximum absolute atomic E-state index is 12.0. The van der Waals surface area contributed by atoms with Crippen LogP contribution in [0.3, 0.4) is 0 Å². The molecule has 0 spiro atoms. The number of rotatable bonds is 2. The van der Waals surface area contributed by atoms with Crippen molar-refractivity contribution in [3.05, 3.63) is 16.8 Å². The molecule has 1 aromatic heterocycles. The van der Waals surface area contributed by atoms with Crippen molar-refractivity contribution >= 4 is 31.3 Å². The summed E-state index contributed by atoms with van der Waals surface area (Å²) in [5.74, 6) is -1.21. The first-order chi connectivity index (χ1) is 7.52. The Labute approximate surface area is 104 Å². The van der Waals surface area contributed by atoms with E-state index in [1.165, 1.54) is 6.92 Å². The Morgan fingerprint density at radius 2 is 1.94 bits per heavy atom. The quantitative estimate of drug-likeness (QED) is 0.788. The average Bonchev–Trinajstić information content (AvgIpc) is 2.06. The van der Waals surface area contributed by atoms with Crippen LogP contribution in [0.15, 0.2) is 11.1 Å². The van der Waals surface area contributed by atoms with Crippen molar-refractivity contribution in [1.29, 1.82) is 0 Å². The molecule has 96 valence electrons. The Bertz CT molecular complexity index is 544. The fraction of sp³-hybridized carbons (Fsp3) is 0.286. The van der Waals surface area contributed by atoms with E-state index in [9.17, 15) is 21.6 Å². The number of alkyl halides is 3. The molecule has 0 saturated heterocycles. The second-order valence-corrected chi connectivity index (χ2v) is 5.76. The fourth-order valence-corrected chi connectivity index (χ4v) is 2.60. The van der Waals surface area contributed by atoms with E-state index in [1.807, 2.05) is 0 Å². The van der Waals surface area contributed by atoms with Crippen molar-refractivity contribution in [2.24, 2.45) is 0 Å². The summed E-state index contributed by atoms with van der Waals surface area (Å²) in [4.78, 5) is 2.20. The van der Waals surface area contributed by atoms with Gasteiger partial charge in [0.15, 0.2) is 4.90 Å². The van der Waals surface area contributed by atoms with Crippen LogP contribution >= 0.6 is 22.3 Å². The number of pyridine rings is 1. The van der Waals surface area contributed by atoms with Gasteiger partial charge in [0.05, 0.1) is 5.02 Å². The van der Waals surface area contributed by atoms with Crippen molar-refractivity contribution in [3.63, 3.8) is 0 Å². The molecule has 0 aliphatic heterocycles. The summed E-state index contributed by atoms with van der Waals surface area (Å²) in [5, 5.41) is -0.464. The maximum atomic E-state index is 12.0. The SMILES string of the molecule is Cc1cnc(OC(F)(F)F)c(S(=O)(=O)Cl)c1Cl. The van der Waals surface area contributed by atoms with Gasteiger partial charge in [-0.3, -0.25) is 0 Å². The number of aromatic nitrogens is 1. The molecule has 0 aromatic carbocycles. The highest BCUT2D eigenvalue weighted by Gasteiger charge is 2.36. The molecule has 10 heteroatoms. The minimum absolute atomic E-state index is 0.153. The largest absolute Gasteiger partial charge is 0.574 e. The fourth-order valence-electron chi connectivity index (χ4n) is 0.937. The zero-order chi connectivity index (χ0) is 13.4. The first-order valence-corrected chi connectivity index (χ1v) is 6.56. The summed E-state index contributed by atoms with van der Waals surface area (Å²) >= 11 is 5.56. The van der Waals surface area contributed by atoms with E-state index in [0.717, 1.165) is 6.20 Å². The van der Waals surface area contributed by atoms with Gasteiger partial charge in [0, 0.05) is 16.9 Å². The molecule has 17 heavy (non-hydrogen) atoms. The van der Waals surface area contributed by atoms with E-state index in [2.05, 4.69) is 9.72 Å². The third-order valence-electron chi connectivity index (χ3n) is 1.57. The number of hydrogen-bond donors (Lipinski definition) is 0. The second kappa shape index (κ2) is 4.51. The molecular formula is C7H4Cl2F3NO3S. The van der Waals surface area contributed by atoms with Crippen molar-refractivity contribution in [1.82, 2.24) is 4.98 Å². The molecule has 4 nitrogen and oxygen atoms in total. The van der Waals surface area contributed by atoms with Gasteiger partial charge in [-0.25, -0.2) is 13.4 Å². The molecule has 0 bridgehead atoms. The van der Waals surface area contributed by atoms with Gasteiger partial charge in [0.2, 0.25) is 5.88 Å². The molecule has 1 heterocycles. The van der Waals surface area contributed by atoms with Crippen molar-refractivity contribution in [2.45, 2.75) is 18.2 Å². The first-order valence-electron chi connectivity index (χ1n) is 3.88. The van der Waals surface area contributed by atoms with Crippen LogP contribution in [0.2, 0.25) is 5.02 Å². The highest BCUT2D eigenvalue weighted by atomic mass is 35.7. The van der Waals surface area contributed by atoms with Gasteiger partial charge in [-0.05, 0) is 12.5 Å². The molecule has 0 aliphatic carbocycles. The van der Waals surface area contributed by atoms with Crippen molar-refractivity contribution in [3.8, 4) is 5.88 Å². The van der Waals surface area contributed by atoms with Crippen LogP contribution in [0.1, 0.15) is 5.56 Å². The van der Waals surface area contributed by atoms with E-state index >= 15 is 0 Å². The predicted molar refractivity (Wildman–Crippen MR) is 53.7 cm³/mol. The summed E-state index contributed by atoms with van der Waals surface area (Å²) in [6.07, 6.45) is -4.16. The van der Waals surface area contributed by atoms with Gasteiger partial charge in [0.25, 0.3) is 9.05 Å². The van der Waals surface area contributed by atoms with Crippen LogP contribution < -0.4 is 4.74 Å². The van der Waals surface area contributed by atoms with Gasteiger partial charge in [-0.2, -0.15) is 0 Å². The van der Waals surface area contributed by atoms with Gasteiger partial charge < -0.3 is 4.74 Å². The number of nitrogens with zero attached hydrogens (tertiary/aromatic N) is 1. The summed E-state index contributed by atoms with van der Waals surface area (Å²) in [6.45, 7) is 1.36. The second-order valence-electron chi connectivity index (χ2n) is 2.88. The minimum Gasteiger partial charge on any atom is -0.386 e. The van der Waals surface area contributed by atoms with E-state index < -0.39 is 31.2 Å². The van der Waals surface area contributed by atoms with Gasteiger partial charge >= 0.3 is 6.36 Å². The smallest absolute Gasteiger partial charge is 0.386 e. The van der Waals surface area contributed by atoms with Crippen molar-refractivity contribution in [2.75, 3.05) is 0 Å². The predicted octanol–water partition coefficient (Wildman–Crippen LogP) is 2.87. The van der Waals surface area contributed by atoms with E-state index in [0.29, 0.717) is 0 Å². The molecule has 1 aromatic rings. The normalized spacial score (nSPS) is 12.6. The molecule has 0 radical (unpaired) electrons. The molecule has 0 unspecified atom stereocenters. The molecule has 0 N–H and O–H groups in total. The topological polar surface area (TPSA) is 56.3 Å². The molecule has 0 atom stereocenters. The number of ether oxygens (including phenoxy) is 1. The van der Waals surface area contributed by atoms with Crippen LogP contribution in [-0.2, 0) is 9.05 Å². The van der Waals surface area contributed by atoms with Crippen LogP contribution in [-0.4, -0.2) is 19.8 Å². The van der Waals surface area contributed by atoms with Crippen LogP contribution in [0, 0.1) is 6.92 Å². The highest BCUT2D eigenvalue weighted by molar-refractivity contribution is 8.13. The summed E-state index contributed by atoms with van der Waals surface area (Å²) in [6, 6.07) is 0. The monoisotopic (exact) mass is 309 g/mol. The molecule has 0 amide bonds. The Hall–Kier alpha value is -0.730. The highest BCUT2D eigenvalue weighted by Crippen LogP contribution is 2.36. The Kier molecular flexibility index (Phi) is 3.80. The number of halogens is 5. The molecule has 0 saturated carbocycles. The first kappa shape index (κ1) is 14.3. The van der Waals surface area contributed by atoms with Gasteiger partial charge in [0.1, 0.15) is 0 Å². The van der Waals surface area contributed by atoms with Crippen LogP contribution in [0.4, 0.5) is 13.2 Å². The third kappa shape index (κ3) is 3.62. The average molecular weight is 310 g/mol.